The Bertz CT molecular complexity index is 273. The minimum atomic E-state index is -5.63. The normalized spacial score (nSPS) is 27.5. The van der Waals surface area contributed by atoms with Gasteiger partial charge < -0.3 is 9.47 Å². The molecule has 10 heteroatoms. The molecule has 0 aliphatic carbocycles. The number of hydrogen-bond acceptors (Lipinski definition) is 2. The summed E-state index contributed by atoms with van der Waals surface area (Å²) >= 11 is 0. The van der Waals surface area contributed by atoms with E-state index in [-0.39, 0.29) is 0 Å². The molecule has 0 fully saturated rings. The molecule has 0 aromatic carbocycles. The summed E-state index contributed by atoms with van der Waals surface area (Å²) in [5.74, 6) is -5.47. The molecule has 2 nitrogen and oxygen atoms in total. The van der Waals surface area contributed by atoms with Crippen LogP contribution in [0.5, 0.6) is 0 Å². The van der Waals surface area contributed by atoms with Gasteiger partial charge in [0, 0.05) is 0 Å². The Hall–Kier alpha value is -1.22. The molecule has 1 aliphatic rings. The largest absolute Gasteiger partial charge is 0.452 e. The van der Waals surface area contributed by atoms with Gasteiger partial charge in [-0.2, -0.15) is 35.1 Å². The lowest BCUT2D eigenvalue weighted by molar-refractivity contribution is -0.259. The first-order chi connectivity index (χ1) is 7.03. The number of rotatable bonds is 0. The molecule has 0 N–H and O–H groups in total. The van der Waals surface area contributed by atoms with Gasteiger partial charge in [-0.15, -0.1) is 0 Å². The van der Waals surface area contributed by atoms with Crippen molar-refractivity contribution in [1.29, 1.82) is 0 Å². The van der Waals surface area contributed by atoms with Gasteiger partial charge in [-0.25, -0.2) is 0 Å². The summed E-state index contributed by atoms with van der Waals surface area (Å²) in [6.45, 7) is 0. The van der Waals surface area contributed by atoms with Crippen LogP contribution in [0.1, 0.15) is 0 Å². The molecular weight excluding hydrogens is 256 g/mol. The van der Waals surface area contributed by atoms with Gasteiger partial charge in [0.05, 0.1) is 0 Å². The van der Waals surface area contributed by atoms with E-state index in [4.69, 9.17) is 0 Å². The number of allylic oxidation sites excluding steroid dienone is 2. The third-order valence-electron chi connectivity index (χ3n) is 1.39. The van der Waals surface area contributed by atoms with Crippen LogP contribution in [0.4, 0.5) is 35.1 Å². The van der Waals surface area contributed by atoms with Crippen molar-refractivity contribution in [3.63, 3.8) is 0 Å². The summed E-state index contributed by atoms with van der Waals surface area (Å²) < 4.78 is 103. The zero-order valence-corrected chi connectivity index (χ0v) is 6.99. The van der Waals surface area contributed by atoms with E-state index in [9.17, 15) is 35.1 Å². The third-order valence-corrected chi connectivity index (χ3v) is 1.39. The van der Waals surface area contributed by atoms with Crippen LogP contribution in [0.3, 0.4) is 0 Å². The molecule has 2 atom stereocenters. The molecular formula is C6H2F8O2. The van der Waals surface area contributed by atoms with Crippen molar-refractivity contribution in [2.75, 3.05) is 0 Å². The Kier molecular flexibility index (Phi) is 2.94. The Morgan fingerprint density at radius 1 is 0.688 bits per heavy atom. The summed E-state index contributed by atoms with van der Waals surface area (Å²) in [5.41, 5.74) is 0. The second-order valence-electron chi connectivity index (χ2n) is 2.59. The number of alkyl halides is 8. The zero-order chi connectivity index (χ0) is 12.7. The molecule has 0 aromatic heterocycles. The summed E-state index contributed by atoms with van der Waals surface area (Å²) in [6.07, 6.45) is -17.8. The summed E-state index contributed by atoms with van der Waals surface area (Å²) in [4.78, 5) is 0. The van der Waals surface area contributed by atoms with Crippen molar-refractivity contribution in [2.24, 2.45) is 0 Å². The van der Waals surface area contributed by atoms with E-state index in [1.165, 1.54) is 0 Å². The fraction of sp³-hybridized carbons (Fsp3) is 0.667. The van der Waals surface area contributed by atoms with E-state index in [0.717, 1.165) is 0 Å². The van der Waals surface area contributed by atoms with Crippen LogP contribution in [0.2, 0.25) is 0 Å². The lowest BCUT2D eigenvalue weighted by Crippen LogP contribution is -2.38. The minimum Gasteiger partial charge on any atom is -0.445 e. The van der Waals surface area contributed by atoms with E-state index in [1.54, 1.807) is 0 Å². The number of halogens is 8. The number of hydrogen-bond donors (Lipinski definition) is 0. The van der Waals surface area contributed by atoms with E-state index >= 15 is 0 Å². The highest BCUT2D eigenvalue weighted by Crippen LogP contribution is 2.42. The molecule has 94 valence electrons. The molecule has 0 aromatic rings. The van der Waals surface area contributed by atoms with E-state index in [1.807, 2.05) is 0 Å². The third kappa shape index (κ3) is 2.47. The first-order valence-corrected chi connectivity index (χ1v) is 3.53. The van der Waals surface area contributed by atoms with Crippen LogP contribution < -0.4 is 0 Å². The van der Waals surface area contributed by atoms with Gasteiger partial charge in [0.25, 0.3) is 11.5 Å². The predicted molar refractivity (Wildman–Crippen MR) is 31.1 cm³/mol. The molecule has 1 aliphatic heterocycles. The molecule has 0 spiro atoms. The average molecular weight is 258 g/mol. The van der Waals surface area contributed by atoms with Crippen LogP contribution in [0.15, 0.2) is 11.5 Å². The van der Waals surface area contributed by atoms with Crippen molar-refractivity contribution in [3.8, 4) is 0 Å². The molecule has 1 heterocycles. The van der Waals surface area contributed by atoms with E-state index < -0.39 is 36.6 Å². The molecule has 0 saturated carbocycles. The van der Waals surface area contributed by atoms with Crippen LogP contribution >= 0.6 is 0 Å². The maximum absolute atomic E-state index is 12.3. The quantitative estimate of drug-likeness (QED) is 0.622. The van der Waals surface area contributed by atoms with Crippen molar-refractivity contribution in [1.82, 2.24) is 0 Å². The Labute approximate surface area is 82.4 Å². The van der Waals surface area contributed by atoms with E-state index in [0.29, 0.717) is 0 Å². The van der Waals surface area contributed by atoms with Crippen LogP contribution in [-0.4, -0.2) is 25.1 Å². The summed E-state index contributed by atoms with van der Waals surface area (Å²) in [5, 5.41) is 0. The van der Waals surface area contributed by atoms with Gasteiger partial charge in [0.1, 0.15) is 0 Å². The lowest BCUT2D eigenvalue weighted by Gasteiger charge is -2.28. The predicted octanol–water partition coefficient (Wildman–Crippen LogP) is 2.96. The molecule has 0 amide bonds. The number of ether oxygens (including phenoxy) is 2. The van der Waals surface area contributed by atoms with Gasteiger partial charge in [-0.05, 0) is 0 Å². The molecule has 16 heavy (non-hydrogen) atoms. The minimum absolute atomic E-state index is 2.73. The Morgan fingerprint density at radius 3 is 1.12 bits per heavy atom. The molecule has 0 saturated heterocycles. The summed E-state index contributed by atoms with van der Waals surface area (Å²) in [6, 6.07) is 0. The molecule has 1 rings (SSSR count). The van der Waals surface area contributed by atoms with Gasteiger partial charge in [0.15, 0.2) is 0 Å². The maximum Gasteiger partial charge on any atom is 0.452 e. The highest BCUT2D eigenvalue weighted by atomic mass is 19.4. The highest BCUT2D eigenvalue weighted by molar-refractivity contribution is 5.14. The van der Waals surface area contributed by atoms with E-state index in [2.05, 4.69) is 9.47 Å². The monoisotopic (exact) mass is 258 g/mol. The molecule has 0 bridgehead atoms. The van der Waals surface area contributed by atoms with Crippen LogP contribution in [0, 0.1) is 0 Å². The SMILES string of the molecule is F[C@@H]1OC(C(F)(F)F)=C(C(F)(F)F)O[C@H]1F. The van der Waals surface area contributed by atoms with Crippen LogP contribution in [0.25, 0.3) is 0 Å². The fourth-order valence-electron chi connectivity index (χ4n) is 0.830. The van der Waals surface area contributed by atoms with Crippen molar-refractivity contribution >= 4 is 0 Å². The van der Waals surface area contributed by atoms with Gasteiger partial charge in [-0.3, -0.25) is 0 Å². The van der Waals surface area contributed by atoms with Crippen LogP contribution in [-0.2, 0) is 9.47 Å². The smallest absolute Gasteiger partial charge is 0.445 e. The molecule has 0 radical (unpaired) electrons. The highest BCUT2D eigenvalue weighted by Gasteiger charge is 2.55. The van der Waals surface area contributed by atoms with Crippen molar-refractivity contribution in [2.45, 2.75) is 25.1 Å². The fourth-order valence-corrected chi connectivity index (χ4v) is 0.830. The second kappa shape index (κ2) is 3.67. The lowest BCUT2D eigenvalue weighted by atomic mass is 10.3. The first-order valence-electron chi connectivity index (χ1n) is 3.53. The van der Waals surface area contributed by atoms with Gasteiger partial charge >= 0.3 is 25.1 Å². The summed E-state index contributed by atoms with van der Waals surface area (Å²) in [7, 11) is 0. The molecule has 0 unspecified atom stereocenters. The zero-order valence-electron chi connectivity index (χ0n) is 6.99. The Morgan fingerprint density at radius 2 is 0.938 bits per heavy atom. The van der Waals surface area contributed by atoms with Gasteiger partial charge in [0.2, 0.25) is 0 Å². The van der Waals surface area contributed by atoms with Crippen molar-refractivity contribution in [3.05, 3.63) is 11.5 Å². The van der Waals surface area contributed by atoms with Gasteiger partial charge in [-0.1, -0.05) is 0 Å². The second-order valence-corrected chi connectivity index (χ2v) is 2.59. The Balaban J connectivity index is 3.20. The first kappa shape index (κ1) is 12.8. The van der Waals surface area contributed by atoms with Crippen molar-refractivity contribution < 1.29 is 44.6 Å². The average Bonchev–Trinajstić information content (AvgIpc) is 2.05. The standard InChI is InChI=1S/C6H2F8O2/c7-3-4(8)16-2(6(12,13)14)1(15-3)5(9,10)11/h3-4H/t3-,4-/m1/s1. The topological polar surface area (TPSA) is 18.5 Å². The maximum atomic E-state index is 12.3.